The lowest BCUT2D eigenvalue weighted by atomic mass is 9.97. The molecule has 0 aliphatic carbocycles. The molecule has 4 amide bonds. The van der Waals surface area contributed by atoms with Gasteiger partial charge in [0, 0.05) is 11.1 Å². The summed E-state index contributed by atoms with van der Waals surface area (Å²) >= 11 is 0. The molecule has 0 bridgehead atoms. The number of esters is 1. The number of nitrogens with zero attached hydrogens (tertiary/aromatic N) is 2. The lowest BCUT2D eigenvalue weighted by Gasteiger charge is -2.15. The van der Waals surface area contributed by atoms with Crippen molar-refractivity contribution in [2.24, 2.45) is 0 Å². The van der Waals surface area contributed by atoms with E-state index in [4.69, 9.17) is 24.4 Å². The minimum Gasteiger partial charge on any atom is -0.491 e. The van der Waals surface area contributed by atoms with Gasteiger partial charge in [-0.1, -0.05) is 24.3 Å². The monoisotopic (exact) mass is 840 g/mol. The molecule has 4 N–H and O–H groups in total. The predicted octanol–water partition coefficient (Wildman–Crippen LogP) is 3.24. The van der Waals surface area contributed by atoms with Gasteiger partial charge in [0.15, 0.2) is 11.6 Å². The Bertz CT molecular complexity index is 2220. The van der Waals surface area contributed by atoms with E-state index in [0.717, 1.165) is 9.80 Å². The van der Waals surface area contributed by atoms with Crippen LogP contribution in [0.1, 0.15) is 89.8 Å². The summed E-state index contributed by atoms with van der Waals surface area (Å²) < 4.78 is 15.6. The van der Waals surface area contributed by atoms with Gasteiger partial charge in [0.05, 0.1) is 28.9 Å². The Morgan fingerprint density at radius 3 is 1.20 bits per heavy atom. The van der Waals surface area contributed by atoms with Crippen molar-refractivity contribution in [2.45, 2.75) is 38.9 Å². The molecule has 2 aliphatic rings. The third-order valence-corrected chi connectivity index (χ3v) is 8.66. The van der Waals surface area contributed by atoms with Gasteiger partial charge >= 0.3 is 11.9 Å². The molecule has 0 spiro atoms. The molecule has 0 saturated heterocycles. The lowest BCUT2D eigenvalue weighted by molar-refractivity contribution is -0.144. The first kappa shape index (κ1) is 46.6. The van der Waals surface area contributed by atoms with Crippen molar-refractivity contribution < 1.29 is 73.0 Å². The van der Waals surface area contributed by atoms with E-state index in [1.54, 1.807) is 60.7 Å². The molecule has 0 aromatic heterocycles. The molecule has 6 rings (SSSR count). The van der Waals surface area contributed by atoms with Crippen molar-refractivity contribution in [1.29, 1.82) is 0 Å². The maximum atomic E-state index is 12.2. The average Bonchev–Trinajstić information content (AvgIpc) is 3.61. The number of aliphatic hydroxyl groups is 3. The van der Waals surface area contributed by atoms with Crippen LogP contribution in [0.25, 0.3) is 0 Å². The number of hydrogen-bond acceptors (Lipinski definition) is 14. The fourth-order valence-corrected chi connectivity index (χ4v) is 5.67. The SMILES string of the molecule is CC(C)(O)C(=O)c1ccc(OCCO)cc1.CC(C)(O)C(=O)c1ccc(OCCOC(=O)CN2C(=O)c3ccccc3C2=O)cc1.O=C(O)CN1C(=O)c2ccccc2C1=O. The maximum Gasteiger partial charge on any atom is 0.326 e. The largest absolute Gasteiger partial charge is 0.491 e. The van der Waals surface area contributed by atoms with Gasteiger partial charge in [-0.3, -0.25) is 48.2 Å². The summed E-state index contributed by atoms with van der Waals surface area (Å²) in [5.41, 5.74) is -0.974. The van der Waals surface area contributed by atoms with Crippen LogP contribution in [0.15, 0.2) is 97.1 Å². The molecule has 0 fully saturated rings. The van der Waals surface area contributed by atoms with E-state index in [9.17, 15) is 48.6 Å². The first-order chi connectivity index (χ1) is 28.7. The minimum atomic E-state index is -1.46. The van der Waals surface area contributed by atoms with E-state index >= 15 is 0 Å². The quantitative estimate of drug-likeness (QED) is 0.0581. The molecule has 17 nitrogen and oxygen atoms in total. The van der Waals surface area contributed by atoms with Crippen LogP contribution in [0, 0.1) is 0 Å². The van der Waals surface area contributed by atoms with Gasteiger partial charge < -0.3 is 34.6 Å². The summed E-state index contributed by atoms with van der Waals surface area (Å²) in [5.74, 6) is -3.76. The summed E-state index contributed by atoms with van der Waals surface area (Å²) in [6, 6.07) is 25.3. The summed E-state index contributed by atoms with van der Waals surface area (Å²) in [4.78, 5) is 95.3. The van der Waals surface area contributed by atoms with Crippen molar-refractivity contribution in [2.75, 3.05) is 39.5 Å². The van der Waals surface area contributed by atoms with Gasteiger partial charge in [-0.15, -0.1) is 0 Å². The predicted molar refractivity (Wildman–Crippen MR) is 214 cm³/mol. The number of carbonyl (C=O) groups is 8. The maximum absolute atomic E-state index is 12.2. The van der Waals surface area contributed by atoms with E-state index in [1.165, 1.54) is 64.1 Å². The molecular weight excluding hydrogens is 796 g/mol. The number of fused-ring (bicyclic) bond motifs is 2. The Morgan fingerprint density at radius 1 is 0.525 bits per heavy atom. The van der Waals surface area contributed by atoms with Crippen LogP contribution in [0.4, 0.5) is 0 Å². The van der Waals surface area contributed by atoms with Gasteiger partial charge in [-0.25, -0.2) is 0 Å². The molecule has 0 saturated carbocycles. The van der Waals surface area contributed by atoms with Crippen molar-refractivity contribution in [3.05, 3.63) is 130 Å². The lowest BCUT2D eigenvalue weighted by Crippen LogP contribution is -2.36. The van der Waals surface area contributed by atoms with Gasteiger partial charge in [0.2, 0.25) is 0 Å². The standard InChI is InChI=1S/C22H21NO7.C12H16O4.C10H7NO4/c1-22(2,28)19(25)14-7-9-15(10-8-14)29-11-12-30-18(24)13-23-20(26)16-5-3-4-6-17(16)21(23)27;1-12(2,15)11(14)9-3-5-10(6-4-9)16-8-7-13;12-8(13)5-11-9(14)6-3-1-2-4-7(6)10(11)15/h3-10,28H,11-13H2,1-2H3;3-6,13,15H,7-8H2,1-2H3;1-4H,5H2,(H,12,13). The molecule has 0 radical (unpaired) electrons. The van der Waals surface area contributed by atoms with Crippen molar-refractivity contribution in [3.8, 4) is 11.5 Å². The fraction of sp³-hybridized carbons (Fsp3) is 0.273. The third kappa shape index (κ3) is 12.2. The number of hydrogen-bond donors (Lipinski definition) is 4. The average molecular weight is 841 g/mol. The highest BCUT2D eigenvalue weighted by molar-refractivity contribution is 6.23. The van der Waals surface area contributed by atoms with Crippen molar-refractivity contribution >= 4 is 47.1 Å². The second-order valence-corrected chi connectivity index (χ2v) is 14.3. The number of benzene rings is 4. The van der Waals surface area contributed by atoms with Crippen LogP contribution in [-0.4, -0.2) is 128 Å². The molecule has 2 aliphatic heterocycles. The zero-order valence-electron chi connectivity index (χ0n) is 33.7. The van der Waals surface area contributed by atoms with E-state index in [0.29, 0.717) is 22.6 Å². The number of aliphatic hydroxyl groups excluding tert-OH is 1. The Labute approximate surface area is 349 Å². The summed E-state index contributed by atoms with van der Waals surface area (Å²) in [5, 5.41) is 36.4. The number of imide groups is 2. The van der Waals surface area contributed by atoms with Gasteiger partial charge in [-0.05, 0) is 100 Å². The van der Waals surface area contributed by atoms with Gasteiger partial charge in [-0.2, -0.15) is 0 Å². The molecule has 4 aromatic rings. The molecule has 17 heteroatoms. The Morgan fingerprint density at radius 2 is 0.869 bits per heavy atom. The van der Waals surface area contributed by atoms with E-state index < -0.39 is 65.6 Å². The second kappa shape index (κ2) is 20.3. The summed E-state index contributed by atoms with van der Waals surface area (Å²) in [6.45, 7) is 4.80. The number of ketones is 2. The number of Topliss-reactive ketones (excluding diaryl/α,β-unsaturated/α-hetero) is 2. The molecule has 0 unspecified atom stereocenters. The molecule has 61 heavy (non-hydrogen) atoms. The fourth-order valence-electron chi connectivity index (χ4n) is 5.67. The Kier molecular flexibility index (Phi) is 15.5. The number of carboxylic acid groups (broad SMARTS) is 1. The zero-order chi connectivity index (χ0) is 45.1. The van der Waals surface area contributed by atoms with E-state index in [-0.39, 0.29) is 54.5 Å². The molecule has 0 atom stereocenters. The Balaban J connectivity index is 0.000000222. The number of aliphatic carboxylic acids is 1. The van der Waals surface area contributed by atoms with Crippen LogP contribution in [-0.2, 0) is 14.3 Å². The third-order valence-electron chi connectivity index (χ3n) is 8.66. The van der Waals surface area contributed by atoms with Gasteiger partial charge in [0.25, 0.3) is 23.6 Å². The molecule has 2 heterocycles. The van der Waals surface area contributed by atoms with Crippen LogP contribution in [0.3, 0.4) is 0 Å². The van der Waals surface area contributed by atoms with Gasteiger partial charge in [0.1, 0.15) is 55.6 Å². The number of ether oxygens (including phenoxy) is 3. The summed E-state index contributed by atoms with van der Waals surface area (Å²) in [7, 11) is 0. The topological polar surface area (TPSA) is 252 Å². The molecule has 4 aromatic carbocycles. The van der Waals surface area contributed by atoms with Crippen molar-refractivity contribution in [3.63, 3.8) is 0 Å². The highest BCUT2D eigenvalue weighted by Gasteiger charge is 2.37. The minimum absolute atomic E-state index is 0.0483. The van der Waals surface area contributed by atoms with Crippen LogP contribution in [0.5, 0.6) is 11.5 Å². The number of amides is 4. The van der Waals surface area contributed by atoms with Crippen LogP contribution in [0.2, 0.25) is 0 Å². The highest BCUT2D eigenvalue weighted by atomic mass is 16.6. The van der Waals surface area contributed by atoms with E-state index in [1.807, 2.05) is 0 Å². The number of rotatable bonds is 15. The normalized spacial score (nSPS) is 13.0. The van der Waals surface area contributed by atoms with Crippen LogP contribution >= 0.6 is 0 Å². The van der Waals surface area contributed by atoms with Crippen LogP contribution < -0.4 is 9.47 Å². The second-order valence-electron chi connectivity index (χ2n) is 14.3. The smallest absolute Gasteiger partial charge is 0.326 e. The first-order valence-corrected chi connectivity index (χ1v) is 18.6. The number of carbonyl (C=O) groups excluding carboxylic acids is 7. The zero-order valence-corrected chi connectivity index (χ0v) is 33.7. The van der Waals surface area contributed by atoms with E-state index in [2.05, 4.69) is 0 Å². The Hall–Kier alpha value is -7.08. The van der Waals surface area contributed by atoms with Crippen molar-refractivity contribution in [1.82, 2.24) is 9.80 Å². The summed E-state index contributed by atoms with van der Waals surface area (Å²) in [6.07, 6.45) is 0. The molecular formula is C44H44N2O15. The highest BCUT2D eigenvalue weighted by Crippen LogP contribution is 2.24. The number of carboxylic acids is 1. The first-order valence-electron chi connectivity index (χ1n) is 18.6. The molecule has 320 valence electrons.